The van der Waals surface area contributed by atoms with E-state index in [2.05, 4.69) is 5.32 Å². The van der Waals surface area contributed by atoms with E-state index in [1.165, 1.54) is 6.92 Å². The smallest absolute Gasteiger partial charge is 0.242 e. The van der Waals surface area contributed by atoms with Crippen LogP contribution < -0.4 is 10.1 Å². The van der Waals surface area contributed by atoms with E-state index < -0.39 is 21.0 Å². The Balaban J connectivity index is 2.84. The maximum atomic E-state index is 12.0. The predicted molar refractivity (Wildman–Crippen MR) is 79.7 cm³/mol. The van der Waals surface area contributed by atoms with Crippen molar-refractivity contribution in [2.24, 2.45) is 0 Å². The Hall–Kier alpha value is -2.07. The van der Waals surface area contributed by atoms with Gasteiger partial charge in [-0.2, -0.15) is 5.26 Å². The van der Waals surface area contributed by atoms with Crippen molar-refractivity contribution >= 4 is 21.4 Å². The molecule has 0 aliphatic heterocycles. The minimum Gasteiger partial charge on any atom is -0.492 e. The van der Waals surface area contributed by atoms with E-state index in [-0.39, 0.29) is 12.2 Å². The first-order valence-corrected chi connectivity index (χ1v) is 8.25. The first kappa shape index (κ1) is 17.0. The summed E-state index contributed by atoms with van der Waals surface area (Å²) in [5.41, 5.74) is 0.423. The van der Waals surface area contributed by atoms with Crippen LogP contribution in [0.25, 0.3) is 0 Å². The van der Waals surface area contributed by atoms with Gasteiger partial charge in [0.1, 0.15) is 11.0 Å². The standard InChI is InChI=1S/C14H18N2O4S/c1-3-20-13-8-5-4-7-12(13)16-14(17)11(2)21(18,19)10-6-9-15/h4-5,7-8,11H,3,6,10H2,1-2H3,(H,16,17). The fourth-order valence-electron chi connectivity index (χ4n) is 1.61. The molecule has 1 aromatic rings. The Morgan fingerprint density at radius 3 is 2.71 bits per heavy atom. The molecule has 0 radical (unpaired) electrons. The number of anilines is 1. The molecule has 0 spiro atoms. The number of hydrogen-bond acceptors (Lipinski definition) is 5. The second-order valence-corrected chi connectivity index (χ2v) is 6.78. The van der Waals surface area contributed by atoms with Crippen LogP contribution in [-0.4, -0.2) is 31.9 Å². The average Bonchev–Trinajstić information content (AvgIpc) is 2.46. The molecule has 21 heavy (non-hydrogen) atoms. The summed E-state index contributed by atoms with van der Waals surface area (Å²) >= 11 is 0. The highest BCUT2D eigenvalue weighted by Gasteiger charge is 2.28. The van der Waals surface area contributed by atoms with Crippen LogP contribution in [0.2, 0.25) is 0 Å². The van der Waals surface area contributed by atoms with E-state index >= 15 is 0 Å². The van der Waals surface area contributed by atoms with Gasteiger partial charge in [-0.05, 0) is 26.0 Å². The largest absolute Gasteiger partial charge is 0.492 e. The SMILES string of the molecule is CCOc1ccccc1NC(=O)C(C)S(=O)(=O)CCC#N. The zero-order chi connectivity index (χ0) is 15.9. The zero-order valence-corrected chi connectivity index (χ0v) is 12.8. The molecule has 0 aliphatic carbocycles. The number of sulfone groups is 1. The van der Waals surface area contributed by atoms with Crippen molar-refractivity contribution in [1.29, 1.82) is 5.26 Å². The summed E-state index contributed by atoms with van der Waals surface area (Å²) in [6, 6.07) is 8.56. The van der Waals surface area contributed by atoms with Crippen molar-refractivity contribution in [1.82, 2.24) is 0 Å². The second kappa shape index (κ2) is 7.64. The topological polar surface area (TPSA) is 96.3 Å². The van der Waals surface area contributed by atoms with Gasteiger partial charge in [-0.1, -0.05) is 12.1 Å². The summed E-state index contributed by atoms with van der Waals surface area (Å²) in [6.45, 7) is 3.56. The van der Waals surface area contributed by atoms with E-state index in [9.17, 15) is 13.2 Å². The van der Waals surface area contributed by atoms with Gasteiger partial charge in [0, 0.05) is 6.42 Å². The lowest BCUT2D eigenvalue weighted by Crippen LogP contribution is -2.34. The van der Waals surface area contributed by atoms with Gasteiger partial charge >= 0.3 is 0 Å². The molecule has 1 N–H and O–H groups in total. The van der Waals surface area contributed by atoms with E-state index in [1.807, 2.05) is 6.92 Å². The molecule has 0 aromatic heterocycles. The van der Waals surface area contributed by atoms with Crippen LogP contribution in [-0.2, 0) is 14.6 Å². The number of hydrogen-bond donors (Lipinski definition) is 1. The highest BCUT2D eigenvalue weighted by molar-refractivity contribution is 7.92. The molecule has 1 amide bonds. The minimum absolute atomic E-state index is 0.129. The lowest BCUT2D eigenvalue weighted by molar-refractivity contribution is -0.115. The van der Waals surface area contributed by atoms with Crippen molar-refractivity contribution in [3.63, 3.8) is 0 Å². The fourth-order valence-corrected chi connectivity index (χ4v) is 2.73. The predicted octanol–water partition coefficient (Wildman–Crippen LogP) is 1.74. The van der Waals surface area contributed by atoms with Crippen LogP contribution >= 0.6 is 0 Å². The Morgan fingerprint density at radius 2 is 2.10 bits per heavy atom. The van der Waals surface area contributed by atoms with Gasteiger partial charge in [0.25, 0.3) is 0 Å². The van der Waals surface area contributed by atoms with Crippen molar-refractivity contribution in [2.75, 3.05) is 17.7 Å². The first-order chi connectivity index (χ1) is 9.92. The van der Waals surface area contributed by atoms with Crippen molar-refractivity contribution in [3.8, 4) is 11.8 Å². The van der Waals surface area contributed by atoms with E-state index in [0.717, 1.165) is 0 Å². The number of carbonyl (C=O) groups excluding carboxylic acids is 1. The molecule has 0 bridgehead atoms. The molecular formula is C14H18N2O4S. The Kier molecular flexibility index (Phi) is 6.18. The number of carbonyl (C=O) groups is 1. The number of para-hydroxylation sites is 2. The number of rotatable bonds is 7. The number of ether oxygens (including phenoxy) is 1. The summed E-state index contributed by atoms with van der Waals surface area (Å²) < 4.78 is 29.1. The Bertz CT molecular complexity index is 635. The monoisotopic (exact) mass is 310 g/mol. The van der Waals surface area contributed by atoms with Gasteiger partial charge in [0.05, 0.1) is 24.1 Å². The summed E-state index contributed by atoms with van der Waals surface area (Å²) in [6.07, 6.45) is -0.129. The first-order valence-electron chi connectivity index (χ1n) is 6.53. The molecule has 1 atom stereocenters. The quantitative estimate of drug-likeness (QED) is 0.827. The molecule has 7 heteroatoms. The van der Waals surface area contributed by atoms with Gasteiger partial charge in [-0.3, -0.25) is 4.79 Å². The number of nitriles is 1. The Labute approximate surface area is 124 Å². The van der Waals surface area contributed by atoms with Crippen LogP contribution in [0.5, 0.6) is 5.75 Å². The molecule has 114 valence electrons. The van der Waals surface area contributed by atoms with Crippen LogP contribution in [0.4, 0.5) is 5.69 Å². The molecule has 0 aliphatic rings. The second-order valence-electron chi connectivity index (χ2n) is 4.34. The van der Waals surface area contributed by atoms with Crippen LogP contribution in [0.1, 0.15) is 20.3 Å². The molecule has 0 saturated heterocycles. The number of benzene rings is 1. The van der Waals surface area contributed by atoms with Gasteiger partial charge in [-0.15, -0.1) is 0 Å². The molecule has 1 aromatic carbocycles. The molecular weight excluding hydrogens is 292 g/mol. The highest BCUT2D eigenvalue weighted by atomic mass is 32.2. The summed E-state index contributed by atoms with van der Waals surface area (Å²) in [7, 11) is -3.64. The lowest BCUT2D eigenvalue weighted by Gasteiger charge is -2.15. The van der Waals surface area contributed by atoms with Crippen molar-refractivity contribution < 1.29 is 17.9 Å². The molecule has 0 saturated carbocycles. The number of amides is 1. The third-order valence-corrected chi connectivity index (χ3v) is 4.92. The van der Waals surface area contributed by atoms with Gasteiger partial charge in [0.15, 0.2) is 9.84 Å². The summed E-state index contributed by atoms with van der Waals surface area (Å²) in [5.74, 6) is -0.486. The van der Waals surface area contributed by atoms with Crippen LogP contribution in [0.3, 0.4) is 0 Å². The maximum Gasteiger partial charge on any atom is 0.242 e. The zero-order valence-electron chi connectivity index (χ0n) is 12.0. The van der Waals surface area contributed by atoms with Gasteiger partial charge in [-0.25, -0.2) is 8.42 Å². The fraction of sp³-hybridized carbons (Fsp3) is 0.429. The maximum absolute atomic E-state index is 12.0. The summed E-state index contributed by atoms with van der Waals surface area (Å²) in [5, 5.41) is 9.78. The van der Waals surface area contributed by atoms with Crippen molar-refractivity contribution in [2.45, 2.75) is 25.5 Å². The molecule has 1 rings (SSSR count). The van der Waals surface area contributed by atoms with Crippen LogP contribution in [0.15, 0.2) is 24.3 Å². The normalized spacial score (nSPS) is 12.2. The number of nitrogens with one attached hydrogen (secondary N) is 1. The number of nitrogens with zero attached hydrogens (tertiary/aromatic N) is 1. The average molecular weight is 310 g/mol. The molecule has 6 nitrogen and oxygen atoms in total. The highest BCUT2D eigenvalue weighted by Crippen LogP contribution is 2.24. The molecule has 0 heterocycles. The molecule has 0 fully saturated rings. The third kappa shape index (κ3) is 4.76. The van der Waals surface area contributed by atoms with E-state index in [1.54, 1.807) is 30.3 Å². The minimum atomic E-state index is -3.64. The Morgan fingerprint density at radius 1 is 1.43 bits per heavy atom. The summed E-state index contributed by atoms with van der Waals surface area (Å²) in [4.78, 5) is 12.0. The molecule has 1 unspecified atom stereocenters. The van der Waals surface area contributed by atoms with Gasteiger partial charge in [0.2, 0.25) is 5.91 Å². The lowest BCUT2D eigenvalue weighted by atomic mass is 10.3. The third-order valence-electron chi connectivity index (χ3n) is 2.85. The van der Waals surface area contributed by atoms with Gasteiger partial charge < -0.3 is 10.1 Å². The van der Waals surface area contributed by atoms with Crippen LogP contribution in [0, 0.1) is 11.3 Å². The van der Waals surface area contributed by atoms with E-state index in [4.69, 9.17) is 10.00 Å². The van der Waals surface area contributed by atoms with E-state index in [0.29, 0.717) is 18.0 Å². The van der Waals surface area contributed by atoms with Crippen molar-refractivity contribution in [3.05, 3.63) is 24.3 Å².